The second kappa shape index (κ2) is 9.88. The van der Waals surface area contributed by atoms with Crippen molar-refractivity contribution in [2.24, 2.45) is 0 Å². The molecule has 1 fully saturated rings. The van der Waals surface area contributed by atoms with Crippen LogP contribution < -0.4 is 9.47 Å². The van der Waals surface area contributed by atoms with Crippen LogP contribution in [-0.2, 0) is 22.3 Å². The normalized spacial score (nSPS) is 17.2. The van der Waals surface area contributed by atoms with E-state index in [1.54, 1.807) is 6.07 Å². The fourth-order valence-corrected chi connectivity index (χ4v) is 4.23. The number of methoxy groups -OCH3 is 2. The molecule has 1 aliphatic heterocycles. The van der Waals surface area contributed by atoms with Crippen LogP contribution in [0.5, 0.6) is 17.2 Å². The molecule has 0 aliphatic carbocycles. The largest absolute Gasteiger partial charge is 0.508 e. The number of alkyl halides is 3. The lowest BCUT2D eigenvalue weighted by atomic mass is 9.94. The highest BCUT2D eigenvalue weighted by Gasteiger charge is 2.46. The monoisotopic (exact) mass is 513 g/mol. The van der Waals surface area contributed by atoms with Gasteiger partial charge in [-0.25, -0.2) is 0 Å². The molecule has 1 atom stereocenters. The van der Waals surface area contributed by atoms with Gasteiger partial charge in [-0.15, -0.1) is 0 Å². The third-order valence-electron chi connectivity index (χ3n) is 6.02. The number of hydrogen-bond donors (Lipinski definition) is 2. The number of ketones is 1. The van der Waals surface area contributed by atoms with Crippen molar-refractivity contribution < 1.29 is 42.4 Å². The Bertz CT molecular complexity index is 1380. The van der Waals surface area contributed by atoms with Crippen LogP contribution in [0.1, 0.15) is 28.3 Å². The molecular formula is C27H22F3NO6. The number of carbonyl (C=O) groups is 2. The van der Waals surface area contributed by atoms with Gasteiger partial charge in [0.05, 0.1) is 37.0 Å². The van der Waals surface area contributed by atoms with Crippen LogP contribution in [-0.4, -0.2) is 41.0 Å². The van der Waals surface area contributed by atoms with Crippen LogP contribution in [0, 0.1) is 0 Å². The van der Waals surface area contributed by atoms with Crippen LogP contribution in [0.25, 0.3) is 5.76 Å². The summed E-state index contributed by atoms with van der Waals surface area (Å²) in [6.07, 6.45) is -4.59. The summed E-state index contributed by atoms with van der Waals surface area (Å²) < 4.78 is 50.3. The van der Waals surface area contributed by atoms with Crippen molar-refractivity contribution in [2.75, 3.05) is 14.2 Å². The maximum Gasteiger partial charge on any atom is 0.416 e. The van der Waals surface area contributed by atoms with Gasteiger partial charge in [-0.05, 0) is 53.6 Å². The molecule has 1 unspecified atom stereocenters. The Balaban J connectivity index is 1.88. The van der Waals surface area contributed by atoms with Gasteiger partial charge in [-0.3, -0.25) is 9.59 Å². The van der Waals surface area contributed by atoms with Crippen molar-refractivity contribution in [2.45, 2.75) is 18.8 Å². The number of aliphatic hydroxyl groups excluding tert-OH is 1. The molecule has 37 heavy (non-hydrogen) atoms. The molecule has 0 spiro atoms. The Labute approximate surface area is 210 Å². The van der Waals surface area contributed by atoms with E-state index in [0.717, 1.165) is 17.0 Å². The molecule has 2 N–H and O–H groups in total. The van der Waals surface area contributed by atoms with Gasteiger partial charge < -0.3 is 24.6 Å². The Kier molecular flexibility index (Phi) is 6.84. The van der Waals surface area contributed by atoms with Gasteiger partial charge in [0, 0.05) is 6.54 Å². The molecule has 4 rings (SSSR count). The third-order valence-corrected chi connectivity index (χ3v) is 6.02. The summed E-state index contributed by atoms with van der Waals surface area (Å²) in [4.78, 5) is 27.5. The predicted molar refractivity (Wildman–Crippen MR) is 127 cm³/mol. The van der Waals surface area contributed by atoms with Crippen LogP contribution in [0.4, 0.5) is 13.2 Å². The maximum absolute atomic E-state index is 13.3. The van der Waals surface area contributed by atoms with Gasteiger partial charge in [-0.2, -0.15) is 13.2 Å². The molecule has 1 amide bonds. The van der Waals surface area contributed by atoms with Crippen molar-refractivity contribution in [3.8, 4) is 17.2 Å². The number of likely N-dealkylation sites (tertiary alicyclic amines) is 1. The quantitative estimate of drug-likeness (QED) is 0.272. The lowest BCUT2D eigenvalue weighted by Gasteiger charge is -2.26. The molecule has 0 aromatic heterocycles. The number of phenols is 1. The number of phenolic OH excluding ortho intramolecular Hbond substituents is 1. The highest BCUT2D eigenvalue weighted by atomic mass is 19.4. The predicted octanol–water partition coefficient (Wildman–Crippen LogP) is 5.05. The minimum Gasteiger partial charge on any atom is -0.508 e. The molecule has 192 valence electrons. The van der Waals surface area contributed by atoms with Crippen LogP contribution in [0.15, 0.2) is 72.3 Å². The zero-order chi connectivity index (χ0) is 26.9. The third kappa shape index (κ3) is 4.95. The number of benzene rings is 3. The van der Waals surface area contributed by atoms with Crippen molar-refractivity contribution >= 4 is 17.4 Å². The van der Waals surface area contributed by atoms with E-state index in [0.29, 0.717) is 11.3 Å². The molecule has 1 saturated heterocycles. The Morgan fingerprint density at radius 1 is 0.973 bits per heavy atom. The van der Waals surface area contributed by atoms with E-state index in [-0.39, 0.29) is 34.7 Å². The summed E-state index contributed by atoms with van der Waals surface area (Å²) in [7, 11) is 2.78. The van der Waals surface area contributed by atoms with Crippen LogP contribution >= 0.6 is 0 Å². The summed E-state index contributed by atoms with van der Waals surface area (Å²) in [6, 6.07) is 13.4. The van der Waals surface area contributed by atoms with Gasteiger partial charge >= 0.3 is 6.18 Å². The number of aliphatic hydroxyl groups is 1. The molecule has 7 nitrogen and oxygen atoms in total. The van der Waals surface area contributed by atoms with Gasteiger partial charge in [0.2, 0.25) is 0 Å². The molecule has 3 aromatic rings. The number of rotatable bonds is 6. The average Bonchev–Trinajstić information content (AvgIpc) is 3.13. The number of carbonyl (C=O) groups excluding carboxylic acids is 2. The summed E-state index contributed by atoms with van der Waals surface area (Å²) in [5, 5.41) is 21.1. The van der Waals surface area contributed by atoms with Gasteiger partial charge in [-0.1, -0.05) is 24.3 Å². The number of amides is 1. The van der Waals surface area contributed by atoms with Crippen molar-refractivity contribution in [1.29, 1.82) is 0 Å². The van der Waals surface area contributed by atoms with Crippen LogP contribution in [0.2, 0.25) is 0 Å². The number of ether oxygens (including phenoxy) is 2. The van der Waals surface area contributed by atoms with Gasteiger partial charge in [0.1, 0.15) is 23.0 Å². The van der Waals surface area contributed by atoms with E-state index < -0.39 is 35.2 Å². The van der Waals surface area contributed by atoms with Crippen molar-refractivity contribution in [1.82, 2.24) is 4.90 Å². The van der Waals surface area contributed by atoms with E-state index in [1.165, 1.54) is 62.8 Å². The minimum atomic E-state index is -4.59. The topological polar surface area (TPSA) is 96.3 Å². The molecule has 0 radical (unpaired) electrons. The number of Topliss-reactive ketones (excluding diaryl/α,β-unsaturated/α-hetero) is 1. The van der Waals surface area contributed by atoms with E-state index in [9.17, 15) is 33.0 Å². The summed E-state index contributed by atoms with van der Waals surface area (Å²) in [6.45, 7) is -0.341. The van der Waals surface area contributed by atoms with E-state index in [4.69, 9.17) is 9.47 Å². The first-order valence-corrected chi connectivity index (χ1v) is 11.0. The fraction of sp³-hybridized carbons (Fsp3) is 0.185. The molecule has 10 heteroatoms. The molecule has 1 heterocycles. The SMILES string of the molecule is COc1ccc(OC)c(/C(O)=C2\C(=O)C(=O)N(Cc3cccc(C(F)(F)F)c3)C2c2ccc(O)cc2)c1. The Morgan fingerprint density at radius 3 is 2.30 bits per heavy atom. The number of halogens is 3. The maximum atomic E-state index is 13.3. The lowest BCUT2D eigenvalue weighted by molar-refractivity contribution is -0.140. The molecular weight excluding hydrogens is 491 g/mol. The van der Waals surface area contributed by atoms with E-state index in [1.807, 2.05) is 0 Å². The summed E-state index contributed by atoms with van der Waals surface area (Å²) >= 11 is 0. The van der Waals surface area contributed by atoms with Gasteiger partial charge in [0.15, 0.2) is 0 Å². The Morgan fingerprint density at radius 2 is 1.68 bits per heavy atom. The number of nitrogens with zero attached hydrogens (tertiary/aromatic N) is 1. The van der Waals surface area contributed by atoms with E-state index >= 15 is 0 Å². The molecule has 1 aliphatic rings. The first-order valence-electron chi connectivity index (χ1n) is 11.0. The second-order valence-corrected chi connectivity index (χ2v) is 8.28. The highest BCUT2D eigenvalue weighted by Crippen LogP contribution is 2.43. The second-order valence-electron chi connectivity index (χ2n) is 8.28. The summed E-state index contributed by atoms with van der Waals surface area (Å²) in [5.74, 6) is -2.09. The minimum absolute atomic E-state index is 0.0759. The van der Waals surface area contributed by atoms with Crippen LogP contribution in [0.3, 0.4) is 0 Å². The lowest BCUT2D eigenvalue weighted by Crippen LogP contribution is -2.29. The van der Waals surface area contributed by atoms with Crippen molar-refractivity contribution in [3.63, 3.8) is 0 Å². The fourth-order valence-electron chi connectivity index (χ4n) is 4.23. The number of aromatic hydroxyl groups is 1. The smallest absolute Gasteiger partial charge is 0.416 e. The first-order chi connectivity index (χ1) is 17.5. The van der Waals surface area contributed by atoms with Crippen molar-refractivity contribution in [3.05, 3.63) is 94.6 Å². The van der Waals surface area contributed by atoms with Gasteiger partial charge in [0.25, 0.3) is 11.7 Å². The van der Waals surface area contributed by atoms with E-state index in [2.05, 4.69) is 0 Å². The highest BCUT2D eigenvalue weighted by molar-refractivity contribution is 6.46. The Hall–Kier alpha value is -4.47. The zero-order valence-electron chi connectivity index (χ0n) is 19.7. The first kappa shape index (κ1) is 25.6. The standard InChI is InChI=1S/C27H22F3NO6/c1-36-19-10-11-21(37-2)20(13-19)24(33)22-23(16-6-8-18(32)9-7-16)31(26(35)25(22)34)14-15-4-3-5-17(12-15)27(28,29)30/h3-13,23,32-33H,14H2,1-2H3/b24-22+. The average molecular weight is 513 g/mol. The molecule has 3 aromatic carbocycles. The number of hydrogen-bond acceptors (Lipinski definition) is 6. The molecule has 0 bridgehead atoms. The molecule has 0 saturated carbocycles. The zero-order valence-corrected chi connectivity index (χ0v) is 19.7. The summed E-state index contributed by atoms with van der Waals surface area (Å²) in [5.41, 5.74) is -0.604.